The lowest BCUT2D eigenvalue weighted by atomic mass is 10.00. The monoisotopic (exact) mass is 471 g/mol. The Morgan fingerprint density at radius 1 is 1.12 bits per heavy atom. The van der Waals surface area contributed by atoms with Crippen LogP contribution in [0.3, 0.4) is 0 Å². The molecule has 1 amide bonds. The van der Waals surface area contributed by atoms with Gasteiger partial charge in [-0.25, -0.2) is 12.8 Å². The van der Waals surface area contributed by atoms with Crippen LogP contribution in [0, 0.1) is 5.82 Å². The van der Waals surface area contributed by atoms with Gasteiger partial charge in [-0.1, -0.05) is 25.1 Å². The van der Waals surface area contributed by atoms with Crippen molar-refractivity contribution in [3.63, 3.8) is 0 Å². The highest BCUT2D eigenvalue weighted by atomic mass is 32.2. The van der Waals surface area contributed by atoms with E-state index in [4.69, 9.17) is 0 Å². The maximum absolute atomic E-state index is 13.4. The first-order chi connectivity index (χ1) is 15.8. The molecule has 0 saturated carbocycles. The van der Waals surface area contributed by atoms with E-state index in [1.54, 1.807) is 12.1 Å². The van der Waals surface area contributed by atoms with E-state index in [1.807, 2.05) is 36.1 Å². The molecule has 1 fully saturated rings. The normalized spacial score (nSPS) is 15.5. The molecule has 0 bridgehead atoms. The van der Waals surface area contributed by atoms with Gasteiger partial charge in [-0.15, -0.1) is 0 Å². The van der Waals surface area contributed by atoms with Crippen molar-refractivity contribution in [2.24, 2.45) is 0 Å². The van der Waals surface area contributed by atoms with Gasteiger partial charge in [-0.3, -0.25) is 4.79 Å². The Hall–Kier alpha value is -2.71. The van der Waals surface area contributed by atoms with E-state index < -0.39 is 10.0 Å². The SMILES string of the molecule is CCN(C1CCN(C(=O)CCc2c(-c3ccc(F)cc3)[nH]c3ccccc23)CC1)S(C)(=O)=O. The predicted octanol–water partition coefficient (Wildman–Crippen LogP) is 4.18. The van der Waals surface area contributed by atoms with E-state index in [9.17, 15) is 17.6 Å². The van der Waals surface area contributed by atoms with Crippen LogP contribution in [-0.4, -0.2) is 60.4 Å². The molecule has 0 spiro atoms. The largest absolute Gasteiger partial charge is 0.354 e. The van der Waals surface area contributed by atoms with Crippen molar-refractivity contribution in [1.29, 1.82) is 0 Å². The number of fused-ring (bicyclic) bond motifs is 1. The summed E-state index contributed by atoms with van der Waals surface area (Å²) in [6.45, 7) is 3.42. The lowest BCUT2D eigenvalue weighted by molar-refractivity contribution is -0.132. The maximum atomic E-state index is 13.4. The summed E-state index contributed by atoms with van der Waals surface area (Å²) >= 11 is 0. The topological polar surface area (TPSA) is 73.5 Å². The molecule has 8 heteroatoms. The number of aryl methyl sites for hydroxylation is 1. The van der Waals surface area contributed by atoms with Crippen LogP contribution in [0.15, 0.2) is 48.5 Å². The molecule has 1 aliphatic heterocycles. The number of likely N-dealkylation sites (tertiary alicyclic amines) is 1. The van der Waals surface area contributed by atoms with Gasteiger partial charge < -0.3 is 9.88 Å². The number of hydrogen-bond acceptors (Lipinski definition) is 3. The van der Waals surface area contributed by atoms with E-state index in [0.29, 0.717) is 45.3 Å². The highest BCUT2D eigenvalue weighted by molar-refractivity contribution is 7.88. The zero-order valence-electron chi connectivity index (χ0n) is 19.1. The Labute approximate surface area is 194 Å². The summed E-state index contributed by atoms with van der Waals surface area (Å²) in [6, 6.07) is 14.3. The van der Waals surface area contributed by atoms with Crippen molar-refractivity contribution in [2.75, 3.05) is 25.9 Å². The van der Waals surface area contributed by atoms with Gasteiger partial charge in [-0.2, -0.15) is 4.31 Å². The Kier molecular flexibility index (Phi) is 6.86. The first-order valence-electron chi connectivity index (χ1n) is 11.4. The van der Waals surface area contributed by atoms with Crippen LogP contribution in [0.2, 0.25) is 0 Å². The molecule has 1 saturated heterocycles. The highest BCUT2D eigenvalue weighted by Gasteiger charge is 2.30. The molecule has 0 aliphatic carbocycles. The summed E-state index contributed by atoms with van der Waals surface area (Å²) in [6.07, 6.45) is 3.49. The summed E-state index contributed by atoms with van der Waals surface area (Å²) < 4.78 is 39.0. The second-order valence-corrected chi connectivity index (χ2v) is 10.5. The number of carbonyl (C=O) groups excluding carboxylic acids is 1. The first kappa shape index (κ1) is 23.4. The second kappa shape index (κ2) is 9.65. The Morgan fingerprint density at radius 2 is 1.79 bits per heavy atom. The van der Waals surface area contributed by atoms with Gasteiger partial charge in [0, 0.05) is 48.7 Å². The maximum Gasteiger partial charge on any atom is 0.222 e. The summed E-state index contributed by atoms with van der Waals surface area (Å²) in [4.78, 5) is 18.3. The second-order valence-electron chi connectivity index (χ2n) is 8.61. The quantitative estimate of drug-likeness (QED) is 0.562. The molecule has 33 heavy (non-hydrogen) atoms. The summed E-state index contributed by atoms with van der Waals surface area (Å²) in [5.41, 5.74) is 3.83. The Morgan fingerprint density at radius 3 is 2.42 bits per heavy atom. The van der Waals surface area contributed by atoms with E-state index in [0.717, 1.165) is 27.7 Å². The number of hydrogen-bond donors (Lipinski definition) is 1. The van der Waals surface area contributed by atoms with Gasteiger partial charge in [-0.05, 0) is 60.7 Å². The minimum Gasteiger partial charge on any atom is -0.354 e. The Bertz CT molecular complexity index is 1230. The molecule has 1 aromatic heterocycles. The number of amides is 1. The highest BCUT2D eigenvalue weighted by Crippen LogP contribution is 2.32. The molecule has 4 rings (SSSR count). The van der Waals surface area contributed by atoms with Crippen LogP contribution in [0.5, 0.6) is 0 Å². The van der Waals surface area contributed by atoms with Gasteiger partial charge in [0.05, 0.1) is 6.26 Å². The minimum atomic E-state index is -3.24. The molecule has 3 aromatic rings. The number of sulfonamides is 1. The van der Waals surface area contributed by atoms with Crippen molar-refractivity contribution in [3.8, 4) is 11.3 Å². The fourth-order valence-corrected chi connectivity index (χ4v) is 6.10. The molecule has 2 aromatic carbocycles. The standard InChI is InChI=1S/C25H30FN3O3S/c1-3-29(33(2,31)32)20-14-16-28(17-15-20)24(30)13-12-22-21-6-4-5-7-23(21)27-25(22)18-8-10-19(26)11-9-18/h4-11,20,27H,3,12-17H2,1-2H3. The van der Waals surface area contributed by atoms with Crippen molar-refractivity contribution in [1.82, 2.24) is 14.2 Å². The van der Waals surface area contributed by atoms with E-state index in [1.165, 1.54) is 22.7 Å². The van der Waals surface area contributed by atoms with E-state index in [2.05, 4.69) is 4.98 Å². The molecule has 0 radical (unpaired) electrons. The van der Waals surface area contributed by atoms with Crippen LogP contribution in [-0.2, 0) is 21.2 Å². The average Bonchev–Trinajstić information content (AvgIpc) is 3.16. The van der Waals surface area contributed by atoms with Crippen molar-refractivity contribution in [2.45, 2.75) is 38.6 Å². The average molecular weight is 472 g/mol. The fourth-order valence-electron chi connectivity index (χ4n) is 4.88. The summed E-state index contributed by atoms with van der Waals surface area (Å²) in [7, 11) is -3.24. The number of rotatable bonds is 7. The van der Waals surface area contributed by atoms with Crippen LogP contribution in [0.25, 0.3) is 22.2 Å². The number of aromatic nitrogens is 1. The fraction of sp³-hybridized carbons (Fsp3) is 0.400. The minimum absolute atomic E-state index is 0.0484. The van der Waals surface area contributed by atoms with Crippen LogP contribution < -0.4 is 0 Å². The number of nitrogens with one attached hydrogen (secondary N) is 1. The molecule has 2 heterocycles. The lowest BCUT2D eigenvalue weighted by Crippen LogP contribution is -2.48. The zero-order valence-corrected chi connectivity index (χ0v) is 19.9. The number of halogens is 1. The van der Waals surface area contributed by atoms with Crippen LogP contribution in [0.4, 0.5) is 4.39 Å². The molecule has 0 atom stereocenters. The van der Waals surface area contributed by atoms with E-state index in [-0.39, 0.29) is 17.8 Å². The molecule has 1 N–H and O–H groups in total. The first-order valence-corrected chi connectivity index (χ1v) is 13.2. The van der Waals surface area contributed by atoms with Gasteiger partial charge in [0.1, 0.15) is 5.82 Å². The molecule has 176 valence electrons. The molecule has 6 nitrogen and oxygen atoms in total. The third kappa shape index (κ3) is 5.12. The van der Waals surface area contributed by atoms with Gasteiger partial charge in [0.25, 0.3) is 0 Å². The third-order valence-electron chi connectivity index (χ3n) is 6.50. The number of carbonyl (C=O) groups is 1. The van der Waals surface area contributed by atoms with Crippen LogP contribution >= 0.6 is 0 Å². The number of para-hydroxylation sites is 1. The Balaban J connectivity index is 1.46. The number of H-pyrrole nitrogens is 1. The number of piperidine rings is 1. The van der Waals surface area contributed by atoms with Crippen molar-refractivity contribution < 1.29 is 17.6 Å². The van der Waals surface area contributed by atoms with E-state index >= 15 is 0 Å². The molecule has 1 aliphatic rings. The van der Waals surface area contributed by atoms with Gasteiger partial charge in [0.15, 0.2) is 0 Å². The summed E-state index contributed by atoms with van der Waals surface area (Å²) in [5.74, 6) is -0.210. The van der Waals surface area contributed by atoms with Gasteiger partial charge in [0.2, 0.25) is 15.9 Å². The molecular weight excluding hydrogens is 441 g/mol. The third-order valence-corrected chi connectivity index (χ3v) is 7.91. The van der Waals surface area contributed by atoms with Crippen LogP contribution in [0.1, 0.15) is 31.7 Å². The van der Waals surface area contributed by atoms with Crippen molar-refractivity contribution in [3.05, 3.63) is 59.9 Å². The molecule has 0 unspecified atom stereocenters. The smallest absolute Gasteiger partial charge is 0.222 e. The van der Waals surface area contributed by atoms with Crippen molar-refractivity contribution >= 4 is 26.8 Å². The number of aromatic amines is 1. The lowest BCUT2D eigenvalue weighted by Gasteiger charge is -2.37. The zero-order chi connectivity index (χ0) is 23.6. The molecular formula is C25H30FN3O3S. The van der Waals surface area contributed by atoms with Gasteiger partial charge >= 0.3 is 0 Å². The number of benzene rings is 2. The predicted molar refractivity (Wildman–Crippen MR) is 129 cm³/mol. The number of nitrogens with zero attached hydrogens (tertiary/aromatic N) is 2. The summed E-state index contributed by atoms with van der Waals surface area (Å²) in [5, 5.41) is 1.06.